The Labute approximate surface area is 170 Å². The van der Waals surface area contributed by atoms with Crippen LogP contribution in [0, 0.1) is 0 Å². The van der Waals surface area contributed by atoms with Gasteiger partial charge in [-0.05, 0) is 50.7 Å². The van der Waals surface area contributed by atoms with Gasteiger partial charge in [-0.2, -0.15) is 0 Å². The third-order valence-electron chi connectivity index (χ3n) is 5.43. The molecule has 1 fully saturated rings. The Bertz CT molecular complexity index is 1010. The summed E-state index contributed by atoms with van der Waals surface area (Å²) in [6, 6.07) is 17.3. The van der Waals surface area contributed by atoms with Gasteiger partial charge in [0.05, 0.1) is 12.6 Å². The van der Waals surface area contributed by atoms with Gasteiger partial charge in [-0.1, -0.05) is 24.3 Å². The molecule has 0 spiro atoms. The van der Waals surface area contributed by atoms with Crippen molar-refractivity contribution >= 4 is 34.2 Å². The number of rotatable bonds is 6. The zero-order chi connectivity index (χ0) is 20.4. The minimum atomic E-state index is -0.111. The molecule has 4 rings (SSSR count). The highest BCUT2D eigenvalue weighted by molar-refractivity contribution is 5.97. The van der Waals surface area contributed by atoms with E-state index in [1.807, 2.05) is 73.5 Å². The van der Waals surface area contributed by atoms with E-state index >= 15 is 0 Å². The highest BCUT2D eigenvalue weighted by atomic mass is 16.3. The van der Waals surface area contributed by atoms with E-state index in [1.165, 1.54) is 0 Å². The van der Waals surface area contributed by atoms with Crippen LogP contribution in [0.2, 0.25) is 0 Å². The average Bonchev–Trinajstić information content (AvgIpc) is 3.33. The quantitative estimate of drug-likeness (QED) is 0.684. The van der Waals surface area contributed by atoms with Crippen LogP contribution in [0.1, 0.15) is 31.6 Å². The maximum Gasteiger partial charge on any atom is 0.238 e. The molecule has 6 nitrogen and oxygen atoms in total. The first-order valence-electron chi connectivity index (χ1n) is 9.90. The molecule has 2 aromatic carbocycles. The molecule has 1 aliphatic heterocycles. The molecule has 1 aliphatic rings. The Balaban J connectivity index is 1.39. The van der Waals surface area contributed by atoms with Crippen LogP contribution in [0.25, 0.3) is 11.0 Å². The smallest absolute Gasteiger partial charge is 0.238 e. The lowest BCUT2D eigenvalue weighted by molar-refractivity contribution is -0.118. The van der Waals surface area contributed by atoms with Crippen LogP contribution in [0.15, 0.2) is 59.0 Å². The Morgan fingerprint density at radius 2 is 2.03 bits per heavy atom. The molecule has 29 heavy (non-hydrogen) atoms. The summed E-state index contributed by atoms with van der Waals surface area (Å²) in [6.07, 6.45) is 1.46. The summed E-state index contributed by atoms with van der Waals surface area (Å²) < 4.78 is 5.92. The Kier molecular flexibility index (Phi) is 5.36. The minimum absolute atomic E-state index is 0.0401. The van der Waals surface area contributed by atoms with Crippen LogP contribution in [-0.2, 0) is 9.59 Å². The molecular weight excluding hydrogens is 366 g/mol. The van der Waals surface area contributed by atoms with Gasteiger partial charge in [0, 0.05) is 29.7 Å². The largest absolute Gasteiger partial charge is 0.459 e. The van der Waals surface area contributed by atoms with Crippen molar-refractivity contribution in [2.24, 2.45) is 0 Å². The zero-order valence-corrected chi connectivity index (χ0v) is 16.7. The van der Waals surface area contributed by atoms with Crippen LogP contribution in [0.4, 0.5) is 11.4 Å². The van der Waals surface area contributed by atoms with Gasteiger partial charge < -0.3 is 14.6 Å². The van der Waals surface area contributed by atoms with Gasteiger partial charge >= 0.3 is 0 Å². The lowest BCUT2D eigenvalue weighted by Gasteiger charge is -2.22. The molecular formula is C23H25N3O3. The van der Waals surface area contributed by atoms with Crippen molar-refractivity contribution in [1.82, 2.24) is 4.90 Å². The number of fused-ring (bicyclic) bond motifs is 1. The fourth-order valence-corrected chi connectivity index (χ4v) is 3.66. The Hall–Kier alpha value is -3.12. The van der Waals surface area contributed by atoms with Gasteiger partial charge in [0.15, 0.2) is 0 Å². The highest BCUT2D eigenvalue weighted by Gasteiger charge is 2.22. The number of hydrogen-bond acceptors (Lipinski definition) is 4. The highest BCUT2D eigenvalue weighted by Crippen LogP contribution is 2.27. The summed E-state index contributed by atoms with van der Waals surface area (Å²) in [4.78, 5) is 28.2. The lowest BCUT2D eigenvalue weighted by Crippen LogP contribution is -2.32. The molecule has 0 saturated carbocycles. The van der Waals surface area contributed by atoms with Gasteiger partial charge in [0.1, 0.15) is 11.3 Å². The average molecular weight is 391 g/mol. The summed E-state index contributed by atoms with van der Waals surface area (Å²) in [7, 11) is 1.90. The van der Waals surface area contributed by atoms with Crippen LogP contribution >= 0.6 is 0 Å². The number of para-hydroxylation sites is 1. The third kappa shape index (κ3) is 4.17. The molecule has 0 aliphatic carbocycles. The maximum absolute atomic E-state index is 12.6. The van der Waals surface area contributed by atoms with Gasteiger partial charge in [0.25, 0.3) is 0 Å². The van der Waals surface area contributed by atoms with Crippen molar-refractivity contribution in [3.8, 4) is 0 Å². The zero-order valence-electron chi connectivity index (χ0n) is 16.7. The Morgan fingerprint density at radius 1 is 1.21 bits per heavy atom. The van der Waals surface area contributed by atoms with Crippen LogP contribution in [0.5, 0.6) is 0 Å². The number of carbonyl (C=O) groups is 2. The maximum atomic E-state index is 12.6. The van der Waals surface area contributed by atoms with E-state index < -0.39 is 0 Å². The summed E-state index contributed by atoms with van der Waals surface area (Å²) in [5.41, 5.74) is 2.37. The molecule has 0 bridgehead atoms. The first-order valence-corrected chi connectivity index (χ1v) is 9.90. The summed E-state index contributed by atoms with van der Waals surface area (Å²) in [5.74, 6) is 0.851. The number of nitrogens with zero attached hydrogens (tertiary/aromatic N) is 2. The predicted molar refractivity (Wildman–Crippen MR) is 114 cm³/mol. The second-order valence-corrected chi connectivity index (χ2v) is 7.53. The molecule has 1 atom stereocenters. The van der Waals surface area contributed by atoms with E-state index in [0.717, 1.165) is 35.4 Å². The van der Waals surface area contributed by atoms with Crippen molar-refractivity contribution in [1.29, 1.82) is 0 Å². The monoisotopic (exact) mass is 391 g/mol. The van der Waals surface area contributed by atoms with Gasteiger partial charge in [-0.25, -0.2) is 0 Å². The fraction of sp³-hybridized carbons (Fsp3) is 0.304. The van der Waals surface area contributed by atoms with Crippen molar-refractivity contribution in [2.75, 3.05) is 30.4 Å². The summed E-state index contributed by atoms with van der Waals surface area (Å²) in [6.45, 7) is 2.98. The molecule has 150 valence electrons. The number of likely N-dealkylation sites (N-methyl/N-ethyl adjacent to an activating group) is 1. The van der Waals surface area contributed by atoms with E-state index in [1.54, 1.807) is 4.90 Å². The number of benzene rings is 2. The molecule has 3 aromatic rings. The predicted octanol–water partition coefficient (Wildman–Crippen LogP) is 4.19. The van der Waals surface area contributed by atoms with Crippen molar-refractivity contribution < 1.29 is 14.0 Å². The van der Waals surface area contributed by atoms with Crippen LogP contribution in [-0.4, -0.2) is 36.9 Å². The first kappa shape index (κ1) is 19.2. The van der Waals surface area contributed by atoms with E-state index in [0.29, 0.717) is 12.1 Å². The minimum Gasteiger partial charge on any atom is -0.459 e. The number of amides is 2. The van der Waals surface area contributed by atoms with E-state index in [2.05, 4.69) is 5.32 Å². The molecule has 1 aromatic heterocycles. The fourth-order valence-electron chi connectivity index (χ4n) is 3.66. The summed E-state index contributed by atoms with van der Waals surface area (Å²) in [5, 5.41) is 3.99. The molecule has 1 N–H and O–H groups in total. The van der Waals surface area contributed by atoms with Crippen LogP contribution < -0.4 is 10.2 Å². The van der Waals surface area contributed by atoms with Crippen molar-refractivity contribution in [2.45, 2.75) is 25.8 Å². The van der Waals surface area contributed by atoms with Crippen LogP contribution in [0.3, 0.4) is 0 Å². The molecule has 2 amide bonds. The SMILES string of the molecule is CC(c1cc2ccccc2o1)N(C)CC(=O)Nc1cccc(N2CCCC2=O)c1. The lowest BCUT2D eigenvalue weighted by atomic mass is 10.2. The Morgan fingerprint density at radius 3 is 2.79 bits per heavy atom. The number of furan rings is 1. The number of hydrogen-bond donors (Lipinski definition) is 1. The molecule has 2 heterocycles. The first-order chi connectivity index (χ1) is 14.0. The van der Waals surface area contributed by atoms with Gasteiger partial charge in [-0.3, -0.25) is 14.5 Å². The van der Waals surface area contributed by atoms with E-state index in [4.69, 9.17) is 4.42 Å². The summed E-state index contributed by atoms with van der Waals surface area (Å²) >= 11 is 0. The molecule has 1 saturated heterocycles. The van der Waals surface area contributed by atoms with E-state index in [-0.39, 0.29) is 24.4 Å². The van der Waals surface area contributed by atoms with Gasteiger partial charge in [0.2, 0.25) is 11.8 Å². The second kappa shape index (κ2) is 8.09. The van der Waals surface area contributed by atoms with Gasteiger partial charge in [-0.15, -0.1) is 0 Å². The molecule has 1 unspecified atom stereocenters. The second-order valence-electron chi connectivity index (χ2n) is 7.53. The normalized spacial score (nSPS) is 15.3. The standard InChI is InChI=1S/C23H25N3O3/c1-16(21-13-17-7-3-4-10-20(17)29-21)25(2)15-22(27)24-18-8-5-9-19(14-18)26-12-6-11-23(26)28/h3-5,7-10,13-14,16H,6,11-12,15H2,1-2H3,(H,24,27). The van der Waals surface area contributed by atoms with Crippen molar-refractivity contribution in [3.05, 3.63) is 60.4 Å². The molecule has 0 radical (unpaired) electrons. The van der Waals surface area contributed by atoms with E-state index in [9.17, 15) is 9.59 Å². The number of anilines is 2. The number of nitrogens with one attached hydrogen (secondary N) is 1. The molecule has 6 heteroatoms. The van der Waals surface area contributed by atoms with Crippen molar-refractivity contribution in [3.63, 3.8) is 0 Å². The third-order valence-corrected chi connectivity index (χ3v) is 5.43. The topological polar surface area (TPSA) is 65.8 Å². The number of carbonyl (C=O) groups excluding carboxylic acids is 2.